The monoisotopic (exact) mass is 460 g/mol. The van der Waals surface area contributed by atoms with Gasteiger partial charge in [0.25, 0.3) is 6.43 Å². The number of anilines is 1. The van der Waals surface area contributed by atoms with Crippen LogP contribution >= 0.6 is 0 Å². The smallest absolute Gasteiger partial charge is 0.251 e. The Morgan fingerprint density at radius 2 is 1.79 bits per heavy atom. The van der Waals surface area contributed by atoms with Crippen molar-refractivity contribution < 1.29 is 23.7 Å². The third kappa shape index (κ3) is 5.04. The molecular weight excluding hydrogens is 430 g/mol. The van der Waals surface area contributed by atoms with E-state index in [1.807, 2.05) is 35.2 Å². The predicted octanol–water partition coefficient (Wildman–Crippen LogP) is 3.56. The lowest BCUT2D eigenvalue weighted by Gasteiger charge is -2.36. The maximum absolute atomic E-state index is 12.6. The molecule has 1 unspecified atom stereocenters. The molecule has 9 heteroatoms. The van der Waals surface area contributed by atoms with Crippen molar-refractivity contribution in [3.05, 3.63) is 53.1 Å². The van der Waals surface area contributed by atoms with Crippen LogP contribution in [0.25, 0.3) is 0 Å². The van der Waals surface area contributed by atoms with Crippen LogP contribution < -0.4 is 14.5 Å². The van der Waals surface area contributed by atoms with Gasteiger partial charge in [-0.15, -0.1) is 0 Å². The molecule has 2 aromatic rings. The first-order valence-electron chi connectivity index (χ1n) is 11.1. The SMILES string of the molecule is COc1cc2c(cc1OO)CC(C)N(C)N=C2c1ccc(N2CCN(CC(F)F)CC2)cc1. The minimum absolute atomic E-state index is 0.157. The largest absolute Gasteiger partial charge is 0.493 e. The summed E-state index contributed by atoms with van der Waals surface area (Å²) in [5.74, 6) is 0.702. The molecule has 0 radical (unpaired) electrons. The third-order valence-electron chi connectivity index (χ3n) is 6.43. The number of hydrazone groups is 1. The van der Waals surface area contributed by atoms with E-state index in [9.17, 15) is 14.0 Å². The topological polar surface area (TPSA) is 60.8 Å². The van der Waals surface area contributed by atoms with Gasteiger partial charge in [0.05, 0.1) is 19.4 Å². The molecule has 0 saturated carbocycles. The van der Waals surface area contributed by atoms with Crippen LogP contribution in [0, 0.1) is 0 Å². The first kappa shape index (κ1) is 23.3. The predicted molar refractivity (Wildman–Crippen MR) is 124 cm³/mol. The van der Waals surface area contributed by atoms with Crippen LogP contribution in [-0.2, 0) is 6.42 Å². The van der Waals surface area contributed by atoms with Gasteiger partial charge < -0.3 is 14.5 Å². The number of halogens is 2. The van der Waals surface area contributed by atoms with Gasteiger partial charge in [0.15, 0.2) is 5.75 Å². The molecule has 7 nitrogen and oxygen atoms in total. The summed E-state index contributed by atoms with van der Waals surface area (Å²) >= 11 is 0. The Bertz CT molecular complexity index is 992. The first-order chi connectivity index (χ1) is 15.9. The van der Waals surface area contributed by atoms with Gasteiger partial charge in [0, 0.05) is 56.1 Å². The van der Waals surface area contributed by atoms with E-state index in [2.05, 4.69) is 28.8 Å². The Labute approximate surface area is 192 Å². The van der Waals surface area contributed by atoms with E-state index < -0.39 is 6.43 Å². The standard InChI is InChI=1S/C24H30F2N4O3/c1-16-12-18-13-22(33-31)21(32-3)14-20(18)24(27-28(16)2)17-4-6-19(7-5-17)30-10-8-29(9-11-30)15-23(25)26/h4-7,13-14,16,23,31H,8-12,15H2,1-3H3. The second kappa shape index (κ2) is 9.93. The van der Waals surface area contributed by atoms with E-state index >= 15 is 0 Å². The molecule has 1 N–H and O–H groups in total. The van der Waals surface area contributed by atoms with Gasteiger partial charge in [-0.2, -0.15) is 5.10 Å². The molecule has 0 spiro atoms. The van der Waals surface area contributed by atoms with Crippen LogP contribution in [0.3, 0.4) is 0 Å². The summed E-state index contributed by atoms with van der Waals surface area (Å²) in [5, 5.41) is 16.1. The highest BCUT2D eigenvalue weighted by molar-refractivity contribution is 6.14. The molecule has 178 valence electrons. The Kier molecular flexibility index (Phi) is 6.99. The quantitative estimate of drug-likeness (QED) is 0.526. The number of rotatable bonds is 6. The van der Waals surface area contributed by atoms with Crippen molar-refractivity contribution in [1.82, 2.24) is 9.91 Å². The van der Waals surface area contributed by atoms with E-state index in [1.54, 1.807) is 6.07 Å². The number of ether oxygens (including phenoxy) is 1. The molecule has 1 fully saturated rings. The minimum Gasteiger partial charge on any atom is -0.493 e. The molecule has 2 aromatic carbocycles. The van der Waals surface area contributed by atoms with E-state index in [1.165, 1.54) is 7.11 Å². The number of nitrogens with zero attached hydrogens (tertiary/aromatic N) is 4. The van der Waals surface area contributed by atoms with Gasteiger partial charge in [-0.1, -0.05) is 12.1 Å². The van der Waals surface area contributed by atoms with Crippen molar-refractivity contribution in [2.24, 2.45) is 5.10 Å². The number of hydrogen-bond donors (Lipinski definition) is 1. The zero-order valence-electron chi connectivity index (χ0n) is 19.2. The van der Waals surface area contributed by atoms with Gasteiger partial charge >= 0.3 is 0 Å². The Morgan fingerprint density at radius 1 is 1.09 bits per heavy atom. The number of methoxy groups -OCH3 is 1. The van der Waals surface area contributed by atoms with E-state index in [-0.39, 0.29) is 18.3 Å². The van der Waals surface area contributed by atoms with Crippen LogP contribution in [0.4, 0.5) is 14.5 Å². The molecule has 4 rings (SSSR count). The Hall–Kier alpha value is -2.91. The highest BCUT2D eigenvalue weighted by Crippen LogP contribution is 2.34. The molecular formula is C24H30F2N4O3. The van der Waals surface area contributed by atoms with Crippen molar-refractivity contribution in [2.75, 3.05) is 51.8 Å². The molecule has 2 aliphatic heterocycles. The number of fused-ring (bicyclic) bond motifs is 1. The average molecular weight is 461 g/mol. The third-order valence-corrected chi connectivity index (χ3v) is 6.43. The molecule has 0 aliphatic carbocycles. The van der Waals surface area contributed by atoms with Crippen molar-refractivity contribution in [3.63, 3.8) is 0 Å². The molecule has 2 heterocycles. The maximum Gasteiger partial charge on any atom is 0.251 e. The van der Waals surface area contributed by atoms with E-state index in [0.717, 1.165) is 47.6 Å². The van der Waals surface area contributed by atoms with Gasteiger partial charge in [-0.25, -0.2) is 14.0 Å². The zero-order valence-corrected chi connectivity index (χ0v) is 19.2. The lowest BCUT2D eigenvalue weighted by atomic mass is 9.94. The summed E-state index contributed by atoms with van der Waals surface area (Å²) in [5.41, 5.74) is 4.77. The van der Waals surface area contributed by atoms with Crippen molar-refractivity contribution in [2.45, 2.75) is 25.8 Å². The molecule has 0 amide bonds. The molecule has 0 aromatic heterocycles. The van der Waals surface area contributed by atoms with Gasteiger partial charge in [0.2, 0.25) is 5.75 Å². The van der Waals surface area contributed by atoms with Gasteiger partial charge in [0.1, 0.15) is 0 Å². The van der Waals surface area contributed by atoms with Crippen molar-refractivity contribution in [3.8, 4) is 11.5 Å². The molecule has 1 saturated heterocycles. The number of benzene rings is 2. The summed E-state index contributed by atoms with van der Waals surface area (Å²) in [7, 11) is 3.48. The number of alkyl halides is 2. The lowest BCUT2D eigenvalue weighted by Crippen LogP contribution is -2.47. The van der Waals surface area contributed by atoms with Crippen molar-refractivity contribution in [1.29, 1.82) is 0 Å². The fourth-order valence-electron chi connectivity index (χ4n) is 4.41. The molecule has 33 heavy (non-hydrogen) atoms. The number of piperazine rings is 1. The second-order valence-corrected chi connectivity index (χ2v) is 8.55. The van der Waals surface area contributed by atoms with Crippen molar-refractivity contribution >= 4 is 11.4 Å². The summed E-state index contributed by atoms with van der Waals surface area (Å²) in [6.07, 6.45) is -1.56. The maximum atomic E-state index is 12.6. The fraction of sp³-hybridized carbons (Fsp3) is 0.458. The second-order valence-electron chi connectivity index (χ2n) is 8.55. The Morgan fingerprint density at radius 3 is 2.39 bits per heavy atom. The summed E-state index contributed by atoms with van der Waals surface area (Å²) in [6.45, 7) is 4.63. The van der Waals surface area contributed by atoms with E-state index in [4.69, 9.17) is 9.84 Å². The van der Waals surface area contributed by atoms with E-state index in [0.29, 0.717) is 18.8 Å². The molecule has 2 aliphatic rings. The average Bonchev–Trinajstić information content (AvgIpc) is 2.94. The lowest BCUT2D eigenvalue weighted by molar-refractivity contribution is -0.139. The highest BCUT2D eigenvalue weighted by Gasteiger charge is 2.25. The van der Waals surface area contributed by atoms with Crippen LogP contribution in [0.15, 0.2) is 41.5 Å². The normalized spacial score (nSPS) is 19.2. The fourth-order valence-corrected chi connectivity index (χ4v) is 4.41. The van der Waals surface area contributed by atoms with Gasteiger partial charge in [-0.05, 0) is 43.2 Å². The summed E-state index contributed by atoms with van der Waals surface area (Å²) < 4.78 is 30.7. The Balaban J connectivity index is 1.60. The van der Waals surface area contributed by atoms with Crippen LogP contribution in [-0.4, -0.2) is 80.2 Å². The zero-order chi connectivity index (χ0) is 23.5. The summed E-state index contributed by atoms with van der Waals surface area (Å²) in [6, 6.07) is 12.0. The summed E-state index contributed by atoms with van der Waals surface area (Å²) in [4.78, 5) is 8.55. The first-order valence-corrected chi connectivity index (χ1v) is 11.1. The minimum atomic E-state index is -2.29. The number of likely N-dealkylation sites (N-methyl/N-ethyl adjacent to an activating group) is 1. The molecule has 1 atom stereocenters. The van der Waals surface area contributed by atoms with Gasteiger partial charge in [-0.3, -0.25) is 9.91 Å². The number of hydrogen-bond acceptors (Lipinski definition) is 7. The highest BCUT2D eigenvalue weighted by atomic mass is 19.3. The van der Waals surface area contributed by atoms with Crippen LogP contribution in [0.2, 0.25) is 0 Å². The molecule has 0 bridgehead atoms. The van der Waals surface area contributed by atoms with Crippen LogP contribution in [0.1, 0.15) is 23.6 Å². The van der Waals surface area contributed by atoms with Crippen LogP contribution in [0.5, 0.6) is 11.5 Å².